The molecule has 0 aliphatic carbocycles. The highest BCUT2D eigenvalue weighted by molar-refractivity contribution is 7.89. The third kappa shape index (κ3) is 5.26. The molecule has 0 aliphatic rings. The number of benzene rings is 2. The molecule has 1 heterocycles. The van der Waals surface area contributed by atoms with Gasteiger partial charge in [0.2, 0.25) is 15.8 Å². The van der Waals surface area contributed by atoms with Gasteiger partial charge in [-0.15, -0.1) is 0 Å². The average molecular weight is 457 g/mol. The van der Waals surface area contributed by atoms with Crippen LogP contribution < -0.4 is 4.72 Å². The predicted octanol–water partition coefficient (Wildman–Crippen LogP) is 3.93. The highest BCUT2D eigenvalue weighted by Gasteiger charge is 2.19. The van der Waals surface area contributed by atoms with Crippen molar-refractivity contribution in [2.75, 3.05) is 13.2 Å². The maximum atomic E-state index is 12.5. The molecule has 1 N–H and O–H groups in total. The van der Waals surface area contributed by atoms with E-state index in [4.69, 9.17) is 4.74 Å². The van der Waals surface area contributed by atoms with E-state index in [0.29, 0.717) is 5.56 Å². The first-order valence-electron chi connectivity index (χ1n) is 10.5. The van der Waals surface area contributed by atoms with Gasteiger partial charge >= 0.3 is 5.97 Å². The van der Waals surface area contributed by atoms with E-state index in [9.17, 15) is 18.0 Å². The lowest BCUT2D eigenvalue weighted by Crippen LogP contribution is -2.27. The Morgan fingerprint density at radius 2 is 1.72 bits per heavy atom. The van der Waals surface area contributed by atoms with Crippen LogP contribution in [0, 0.1) is 13.8 Å². The molecule has 7 nitrogen and oxygen atoms in total. The molecule has 3 aromatic rings. The van der Waals surface area contributed by atoms with Crippen LogP contribution in [0.2, 0.25) is 0 Å². The number of ether oxygens (including phenoxy) is 1. The van der Waals surface area contributed by atoms with E-state index in [1.54, 1.807) is 18.2 Å². The summed E-state index contributed by atoms with van der Waals surface area (Å²) >= 11 is 0. The summed E-state index contributed by atoms with van der Waals surface area (Å²) in [6, 6.07) is 14.3. The molecule has 0 bridgehead atoms. The van der Waals surface area contributed by atoms with Gasteiger partial charge in [-0.1, -0.05) is 30.3 Å². The molecule has 0 amide bonds. The molecule has 0 saturated heterocycles. The molecular formula is C24H28N2O5S. The summed E-state index contributed by atoms with van der Waals surface area (Å²) in [5.41, 5.74) is 2.33. The third-order valence-corrected chi connectivity index (χ3v) is 6.78. The van der Waals surface area contributed by atoms with Crippen molar-refractivity contribution in [3.63, 3.8) is 0 Å². The molecule has 0 saturated carbocycles. The smallest absolute Gasteiger partial charge is 0.307 e. The summed E-state index contributed by atoms with van der Waals surface area (Å²) < 4.78 is 34.6. The molecule has 1 aromatic heterocycles. The van der Waals surface area contributed by atoms with Crippen molar-refractivity contribution in [1.29, 1.82) is 0 Å². The van der Waals surface area contributed by atoms with Crippen LogP contribution in [-0.2, 0) is 19.6 Å². The lowest BCUT2D eigenvalue weighted by Gasteiger charge is -2.13. The standard InChI is InChI=1S/C24H28N2O5S/c1-16(2)26-17(3)13-22(18(26)4)23(27)15-31-24(28)11-12-25-32(29,30)21-10-9-19-7-5-6-8-20(19)14-21/h5-10,13-14,16,25H,11-12,15H2,1-4H3. The molecule has 0 unspecified atom stereocenters. The van der Waals surface area contributed by atoms with Crippen LogP contribution in [-0.4, -0.2) is 37.9 Å². The number of fused-ring (bicyclic) bond motifs is 1. The molecule has 0 radical (unpaired) electrons. The summed E-state index contributed by atoms with van der Waals surface area (Å²) in [7, 11) is -3.76. The molecule has 0 aliphatic heterocycles. The van der Waals surface area contributed by atoms with Crippen LogP contribution in [0.25, 0.3) is 10.8 Å². The average Bonchev–Trinajstić information content (AvgIpc) is 3.05. The second-order valence-corrected chi connectivity index (χ2v) is 9.76. The highest BCUT2D eigenvalue weighted by atomic mass is 32.2. The predicted molar refractivity (Wildman–Crippen MR) is 123 cm³/mol. The Kier molecular flexibility index (Phi) is 7.16. The zero-order valence-electron chi connectivity index (χ0n) is 18.7. The SMILES string of the molecule is Cc1cc(C(=O)COC(=O)CCNS(=O)(=O)c2ccc3ccccc3c2)c(C)n1C(C)C. The summed E-state index contributed by atoms with van der Waals surface area (Å²) in [6.07, 6.45) is -0.175. The quantitative estimate of drug-likeness (QED) is 0.389. The van der Waals surface area contributed by atoms with Gasteiger partial charge in [0.1, 0.15) is 0 Å². The highest BCUT2D eigenvalue weighted by Crippen LogP contribution is 2.21. The fourth-order valence-corrected chi connectivity index (χ4v) is 4.92. The van der Waals surface area contributed by atoms with Gasteiger partial charge < -0.3 is 9.30 Å². The van der Waals surface area contributed by atoms with E-state index in [0.717, 1.165) is 22.2 Å². The summed E-state index contributed by atoms with van der Waals surface area (Å²) in [5.74, 6) is -0.924. The lowest BCUT2D eigenvalue weighted by molar-refractivity contribution is -0.142. The minimum Gasteiger partial charge on any atom is -0.457 e. The number of hydrogen-bond acceptors (Lipinski definition) is 5. The van der Waals surface area contributed by atoms with Crippen LogP contribution in [0.15, 0.2) is 53.4 Å². The fourth-order valence-electron chi connectivity index (χ4n) is 3.86. The first kappa shape index (κ1) is 23.7. The van der Waals surface area contributed by atoms with Gasteiger partial charge in [0.05, 0.1) is 11.3 Å². The number of aryl methyl sites for hydroxylation is 1. The molecule has 2 aromatic carbocycles. The Balaban J connectivity index is 1.52. The molecular weight excluding hydrogens is 428 g/mol. The van der Waals surface area contributed by atoms with Crippen LogP contribution in [0.4, 0.5) is 0 Å². The Hall–Kier alpha value is -2.97. The number of carbonyl (C=O) groups is 2. The van der Waals surface area contributed by atoms with Crippen molar-refractivity contribution in [3.05, 3.63) is 65.5 Å². The molecule has 0 fully saturated rings. The van der Waals surface area contributed by atoms with E-state index in [1.807, 2.05) is 52.0 Å². The zero-order chi connectivity index (χ0) is 23.5. The maximum Gasteiger partial charge on any atom is 0.307 e. The molecule has 0 atom stereocenters. The van der Waals surface area contributed by atoms with Crippen LogP contribution in [0.5, 0.6) is 0 Å². The molecule has 3 rings (SSSR count). The Bertz CT molecular complexity index is 1260. The number of esters is 1. The second kappa shape index (κ2) is 9.67. The minimum absolute atomic E-state index is 0.121. The Morgan fingerprint density at radius 3 is 2.38 bits per heavy atom. The van der Waals surface area contributed by atoms with E-state index in [2.05, 4.69) is 9.29 Å². The molecule has 170 valence electrons. The number of sulfonamides is 1. The number of rotatable bonds is 9. The molecule has 0 spiro atoms. The zero-order valence-corrected chi connectivity index (χ0v) is 19.5. The Morgan fingerprint density at radius 1 is 1.03 bits per heavy atom. The fraction of sp³-hybridized carbons (Fsp3) is 0.333. The normalized spacial score (nSPS) is 11.8. The van der Waals surface area contributed by atoms with Crippen molar-refractivity contribution in [2.45, 2.75) is 45.1 Å². The van der Waals surface area contributed by atoms with Crippen molar-refractivity contribution in [2.24, 2.45) is 0 Å². The number of hydrogen-bond donors (Lipinski definition) is 1. The van der Waals surface area contributed by atoms with Crippen LogP contribution in [0.3, 0.4) is 0 Å². The number of ketones is 1. The van der Waals surface area contributed by atoms with E-state index in [1.165, 1.54) is 6.07 Å². The molecule has 32 heavy (non-hydrogen) atoms. The number of carbonyl (C=O) groups excluding carboxylic acids is 2. The van der Waals surface area contributed by atoms with Crippen molar-refractivity contribution < 1.29 is 22.7 Å². The van der Waals surface area contributed by atoms with Gasteiger partial charge in [0.15, 0.2) is 6.61 Å². The topological polar surface area (TPSA) is 94.5 Å². The van der Waals surface area contributed by atoms with Crippen molar-refractivity contribution in [3.8, 4) is 0 Å². The van der Waals surface area contributed by atoms with Gasteiger partial charge in [0, 0.05) is 29.5 Å². The lowest BCUT2D eigenvalue weighted by atomic mass is 10.1. The van der Waals surface area contributed by atoms with Crippen LogP contribution >= 0.6 is 0 Å². The van der Waals surface area contributed by atoms with E-state index >= 15 is 0 Å². The first-order chi connectivity index (χ1) is 15.1. The summed E-state index contributed by atoms with van der Waals surface area (Å²) in [6.45, 7) is 7.37. The largest absolute Gasteiger partial charge is 0.457 e. The third-order valence-electron chi connectivity index (χ3n) is 5.32. The van der Waals surface area contributed by atoms with Gasteiger partial charge in [-0.2, -0.15) is 0 Å². The number of Topliss-reactive ketones (excluding diaryl/α,β-unsaturated/α-hetero) is 1. The molecule has 8 heteroatoms. The maximum absolute atomic E-state index is 12.5. The van der Waals surface area contributed by atoms with Gasteiger partial charge in [-0.25, -0.2) is 13.1 Å². The Labute approximate surface area is 188 Å². The second-order valence-electron chi connectivity index (χ2n) is 7.99. The van der Waals surface area contributed by atoms with Crippen molar-refractivity contribution >= 4 is 32.5 Å². The van der Waals surface area contributed by atoms with Gasteiger partial charge in [-0.3, -0.25) is 9.59 Å². The summed E-state index contributed by atoms with van der Waals surface area (Å²) in [5, 5.41) is 1.75. The van der Waals surface area contributed by atoms with Crippen LogP contribution in [0.1, 0.15) is 48.1 Å². The van der Waals surface area contributed by atoms with E-state index < -0.39 is 16.0 Å². The number of aromatic nitrogens is 1. The number of nitrogens with one attached hydrogen (secondary N) is 1. The van der Waals surface area contributed by atoms with Crippen molar-refractivity contribution in [1.82, 2.24) is 9.29 Å². The number of nitrogens with zero attached hydrogens (tertiary/aromatic N) is 1. The summed E-state index contributed by atoms with van der Waals surface area (Å²) in [4.78, 5) is 24.6. The minimum atomic E-state index is -3.76. The first-order valence-corrected chi connectivity index (χ1v) is 11.9. The van der Waals surface area contributed by atoms with Gasteiger partial charge in [0.25, 0.3) is 0 Å². The van der Waals surface area contributed by atoms with Gasteiger partial charge in [-0.05, 0) is 56.7 Å². The monoisotopic (exact) mass is 456 g/mol. The van der Waals surface area contributed by atoms with E-state index in [-0.39, 0.29) is 36.3 Å².